The predicted molar refractivity (Wildman–Crippen MR) is 86.2 cm³/mol. The maximum absolute atomic E-state index is 12.5. The van der Waals surface area contributed by atoms with Crippen molar-refractivity contribution in [3.8, 4) is 0 Å². The fourth-order valence-corrected chi connectivity index (χ4v) is 2.84. The van der Waals surface area contributed by atoms with Gasteiger partial charge in [0, 0.05) is 33.1 Å². The molecule has 0 aromatic heterocycles. The van der Waals surface area contributed by atoms with Crippen LogP contribution in [-0.4, -0.2) is 47.8 Å². The van der Waals surface area contributed by atoms with Gasteiger partial charge in [0.05, 0.1) is 0 Å². The Bertz CT molecular complexity index is 533. The van der Waals surface area contributed by atoms with E-state index >= 15 is 0 Å². The molecule has 1 fully saturated rings. The zero-order valence-electron chi connectivity index (χ0n) is 13.6. The highest BCUT2D eigenvalue weighted by molar-refractivity contribution is 5.83. The summed E-state index contributed by atoms with van der Waals surface area (Å²) >= 11 is 0. The van der Waals surface area contributed by atoms with Crippen LogP contribution >= 0.6 is 0 Å². The highest BCUT2D eigenvalue weighted by Gasteiger charge is 2.29. The SMILES string of the molecule is CC(=O)N(C)C1CCN(C(=O)C(N)c2ccc(C)cc2)CC1. The van der Waals surface area contributed by atoms with E-state index in [1.54, 1.807) is 11.8 Å². The second kappa shape index (κ2) is 6.92. The van der Waals surface area contributed by atoms with Crippen LogP contribution in [0.4, 0.5) is 0 Å². The highest BCUT2D eigenvalue weighted by atomic mass is 16.2. The van der Waals surface area contributed by atoms with Crippen LogP contribution in [-0.2, 0) is 9.59 Å². The Hall–Kier alpha value is -1.88. The Morgan fingerprint density at radius 1 is 1.23 bits per heavy atom. The standard InChI is InChI=1S/C17H25N3O2/c1-12-4-6-14(7-5-12)16(18)17(22)20-10-8-15(9-11-20)19(3)13(2)21/h4-7,15-16H,8-11,18H2,1-3H3. The minimum absolute atomic E-state index is 0.0345. The third-order valence-corrected chi connectivity index (χ3v) is 4.52. The Balaban J connectivity index is 1.94. The average Bonchev–Trinajstić information content (AvgIpc) is 2.53. The third kappa shape index (κ3) is 3.65. The zero-order valence-corrected chi connectivity index (χ0v) is 13.6. The highest BCUT2D eigenvalue weighted by Crippen LogP contribution is 2.20. The van der Waals surface area contributed by atoms with Crippen molar-refractivity contribution >= 4 is 11.8 Å². The molecule has 1 aromatic carbocycles. The van der Waals surface area contributed by atoms with Crippen molar-refractivity contribution < 1.29 is 9.59 Å². The summed E-state index contributed by atoms with van der Waals surface area (Å²) < 4.78 is 0. The van der Waals surface area contributed by atoms with Gasteiger partial charge in [-0.3, -0.25) is 9.59 Å². The van der Waals surface area contributed by atoms with Crippen LogP contribution in [0.3, 0.4) is 0 Å². The van der Waals surface area contributed by atoms with Gasteiger partial charge in [-0.1, -0.05) is 29.8 Å². The summed E-state index contributed by atoms with van der Waals surface area (Å²) in [7, 11) is 1.82. The smallest absolute Gasteiger partial charge is 0.244 e. The molecule has 0 aliphatic carbocycles. The number of hydrogen-bond acceptors (Lipinski definition) is 3. The first kappa shape index (κ1) is 16.5. The number of benzene rings is 1. The second-order valence-corrected chi connectivity index (χ2v) is 6.07. The van der Waals surface area contributed by atoms with E-state index in [9.17, 15) is 9.59 Å². The topological polar surface area (TPSA) is 66.6 Å². The molecular formula is C17H25N3O2. The molecule has 1 aromatic rings. The van der Waals surface area contributed by atoms with Gasteiger partial charge in [-0.25, -0.2) is 0 Å². The van der Waals surface area contributed by atoms with Crippen molar-refractivity contribution in [2.24, 2.45) is 5.73 Å². The summed E-state index contributed by atoms with van der Waals surface area (Å²) in [4.78, 5) is 27.5. The van der Waals surface area contributed by atoms with Gasteiger partial charge in [0.1, 0.15) is 6.04 Å². The lowest BCUT2D eigenvalue weighted by atomic mass is 10.0. The van der Waals surface area contributed by atoms with Crippen LogP contribution in [0.1, 0.15) is 36.9 Å². The number of rotatable bonds is 3. The molecule has 1 atom stereocenters. The number of carbonyl (C=O) groups excluding carboxylic acids is 2. The van der Waals surface area contributed by atoms with Crippen LogP contribution in [0, 0.1) is 6.92 Å². The van der Waals surface area contributed by atoms with Crippen molar-refractivity contribution in [2.45, 2.75) is 38.8 Å². The maximum Gasteiger partial charge on any atom is 0.244 e. The van der Waals surface area contributed by atoms with E-state index < -0.39 is 6.04 Å². The number of likely N-dealkylation sites (tertiary alicyclic amines) is 1. The molecule has 5 heteroatoms. The summed E-state index contributed by atoms with van der Waals surface area (Å²) in [6.07, 6.45) is 1.62. The average molecular weight is 303 g/mol. The van der Waals surface area contributed by atoms with Crippen LogP contribution in [0.25, 0.3) is 0 Å². The van der Waals surface area contributed by atoms with E-state index in [-0.39, 0.29) is 17.9 Å². The molecule has 1 aliphatic rings. The van der Waals surface area contributed by atoms with E-state index in [4.69, 9.17) is 5.73 Å². The molecule has 22 heavy (non-hydrogen) atoms. The van der Waals surface area contributed by atoms with Gasteiger partial charge < -0.3 is 15.5 Å². The quantitative estimate of drug-likeness (QED) is 0.919. The van der Waals surface area contributed by atoms with Crippen LogP contribution in [0.5, 0.6) is 0 Å². The monoisotopic (exact) mass is 303 g/mol. The molecule has 1 aliphatic heterocycles. The van der Waals surface area contributed by atoms with Crippen LogP contribution < -0.4 is 5.73 Å². The van der Waals surface area contributed by atoms with Gasteiger partial charge in [0.2, 0.25) is 11.8 Å². The first-order valence-electron chi connectivity index (χ1n) is 7.74. The van der Waals surface area contributed by atoms with E-state index in [2.05, 4.69) is 0 Å². The zero-order chi connectivity index (χ0) is 16.3. The van der Waals surface area contributed by atoms with Gasteiger partial charge in [0.15, 0.2) is 0 Å². The van der Waals surface area contributed by atoms with E-state index in [1.165, 1.54) is 0 Å². The van der Waals surface area contributed by atoms with Gasteiger partial charge in [-0.2, -0.15) is 0 Å². The predicted octanol–water partition coefficient (Wildman–Crippen LogP) is 1.46. The molecule has 0 bridgehead atoms. The number of hydrogen-bond donors (Lipinski definition) is 1. The van der Waals surface area contributed by atoms with Crippen molar-refractivity contribution in [3.05, 3.63) is 35.4 Å². The molecule has 0 radical (unpaired) electrons. The first-order chi connectivity index (χ1) is 10.4. The van der Waals surface area contributed by atoms with Gasteiger partial charge in [-0.05, 0) is 25.3 Å². The molecule has 120 valence electrons. The van der Waals surface area contributed by atoms with Gasteiger partial charge >= 0.3 is 0 Å². The Labute approximate surface area is 132 Å². The lowest BCUT2D eigenvalue weighted by Crippen LogP contribution is -2.48. The Kier molecular flexibility index (Phi) is 5.19. The summed E-state index contributed by atoms with van der Waals surface area (Å²) in [5.41, 5.74) is 8.10. The number of amides is 2. The van der Waals surface area contributed by atoms with Crippen LogP contribution in [0.2, 0.25) is 0 Å². The Morgan fingerprint density at radius 2 is 1.77 bits per heavy atom. The third-order valence-electron chi connectivity index (χ3n) is 4.52. The number of nitrogens with two attached hydrogens (primary N) is 1. The first-order valence-corrected chi connectivity index (χ1v) is 7.74. The summed E-state index contributed by atoms with van der Waals surface area (Å²) in [5, 5.41) is 0. The molecule has 5 nitrogen and oxygen atoms in total. The molecule has 1 saturated heterocycles. The van der Waals surface area contributed by atoms with E-state index in [0.29, 0.717) is 13.1 Å². The fourth-order valence-electron chi connectivity index (χ4n) is 2.84. The minimum atomic E-state index is -0.609. The number of aryl methyl sites for hydroxylation is 1. The molecule has 2 amide bonds. The summed E-state index contributed by atoms with van der Waals surface area (Å²) in [5.74, 6) is 0.0360. The van der Waals surface area contributed by atoms with Gasteiger partial charge in [0.25, 0.3) is 0 Å². The van der Waals surface area contributed by atoms with Gasteiger partial charge in [-0.15, -0.1) is 0 Å². The number of nitrogens with zero attached hydrogens (tertiary/aromatic N) is 2. The molecule has 2 rings (SSSR count). The van der Waals surface area contributed by atoms with E-state index in [0.717, 1.165) is 24.0 Å². The lowest BCUT2D eigenvalue weighted by Gasteiger charge is -2.37. The molecular weight excluding hydrogens is 278 g/mol. The lowest BCUT2D eigenvalue weighted by molar-refractivity contribution is -0.135. The molecule has 1 unspecified atom stereocenters. The number of piperidine rings is 1. The Morgan fingerprint density at radius 3 is 2.27 bits per heavy atom. The fraction of sp³-hybridized carbons (Fsp3) is 0.529. The van der Waals surface area contributed by atoms with Crippen LogP contribution in [0.15, 0.2) is 24.3 Å². The molecule has 1 heterocycles. The van der Waals surface area contributed by atoms with Crippen molar-refractivity contribution in [2.75, 3.05) is 20.1 Å². The van der Waals surface area contributed by atoms with Crippen molar-refractivity contribution in [1.82, 2.24) is 9.80 Å². The molecule has 2 N–H and O–H groups in total. The van der Waals surface area contributed by atoms with Crippen molar-refractivity contribution in [3.63, 3.8) is 0 Å². The molecule has 0 saturated carbocycles. The largest absolute Gasteiger partial charge is 0.343 e. The normalized spacial score (nSPS) is 17.2. The summed E-state index contributed by atoms with van der Waals surface area (Å²) in [6.45, 7) is 4.89. The summed E-state index contributed by atoms with van der Waals surface area (Å²) in [6, 6.07) is 7.37. The number of carbonyl (C=O) groups is 2. The van der Waals surface area contributed by atoms with Crippen molar-refractivity contribution in [1.29, 1.82) is 0 Å². The minimum Gasteiger partial charge on any atom is -0.343 e. The molecule has 0 spiro atoms. The maximum atomic E-state index is 12.5. The second-order valence-electron chi connectivity index (χ2n) is 6.07. The van der Waals surface area contributed by atoms with E-state index in [1.807, 2.05) is 43.1 Å².